The molecular formula is C18H16N4O2S. The molecule has 1 aromatic carbocycles. The first-order chi connectivity index (χ1) is 12.3. The molecule has 0 aliphatic rings. The largest absolute Gasteiger partial charge is 0.363 e. The van der Waals surface area contributed by atoms with Gasteiger partial charge in [0.05, 0.1) is 5.69 Å². The first-order valence-corrected chi connectivity index (χ1v) is 8.90. The van der Waals surface area contributed by atoms with Gasteiger partial charge in [0.15, 0.2) is 5.82 Å². The lowest BCUT2D eigenvalue weighted by molar-refractivity contribution is 0.102. The van der Waals surface area contributed by atoms with Gasteiger partial charge in [0.25, 0.3) is 5.91 Å². The third-order valence-electron chi connectivity index (χ3n) is 3.89. The average molecular weight is 352 g/mol. The second-order valence-corrected chi connectivity index (χ2v) is 6.47. The van der Waals surface area contributed by atoms with E-state index in [9.17, 15) is 4.79 Å². The Kier molecular flexibility index (Phi) is 4.07. The number of fused-ring (bicyclic) bond motifs is 1. The summed E-state index contributed by atoms with van der Waals surface area (Å²) in [5, 5.41) is 10.1. The number of nitrogens with one attached hydrogen (secondary N) is 1. The Labute approximate surface area is 148 Å². The zero-order valence-corrected chi connectivity index (χ0v) is 14.4. The number of carbonyl (C=O) groups excluding carboxylic acids is 1. The molecule has 0 atom stereocenters. The van der Waals surface area contributed by atoms with Crippen molar-refractivity contribution in [3.63, 3.8) is 0 Å². The molecule has 4 rings (SSSR count). The number of nitrogens with zero attached hydrogens (tertiary/aromatic N) is 3. The van der Waals surface area contributed by atoms with Crippen molar-refractivity contribution in [1.29, 1.82) is 0 Å². The molecule has 0 spiro atoms. The van der Waals surface area contributed by atoms with E-state index in [1.54, 1.807) is 11.4 Å². The molecule has 0 unspecified atom stereocenters. The van der Waals surface area contributed by atoms with Crippen molar-refractivity contribution >= 4 is 34.0 Å². The van der Waals surface area contributed by atoms with Gasteiger partial charge in [-0.05, 0) is 18.6 Å². The normalized spacial score (nSPS) is 11.1. The molecule has 25 heavy (non-hydrogen) atoms. The van der Waals surface area contributed by atoms with E-state index in [4.69, 9.17) is 4.52 Å². The number of carbonyl (C=O) groups is 1. The smallest absolute Gasteiger partial charge is 0.276 e. The lowest BCUT2D eigenvalue weighted by Crippen LogP contribution is -2.12. The molecule has 0 radical (unpaired) electrons. The molecule has 4 aromatic rings. The Morgan fingerprint density at radius 2 is 2.20 bits per heavy atom. The van der Waals surface area contributed by atoms with E-state index in [1.807, 2.05) is 12.1 Å². The standard InChI is InChI=1S/C18H16N4O2S/c1-2-8-22-14-6-4-3-5-12(14)10-15(22)18-19-13(11-25-18)17(23)20-16-7-9-24-21-16/h3-7,9-11H,2,8H2,1H3,(H,20,21,23). The Morgan fingerprint density at radius 3 is 3.00 bits per heavy atom. The van der Waals surface area contributed by atoms with Crippen molar-refractivity contribution in [2.24, 2.45) is 0 Å². The number of aromatic nitrogens is 3. The van der Waals surface area contributed by atoms with Gasteiger partial charge in [-0.2, -0.15) is 0 Å². The highest BCUT2D eigenvalue weighted by Crippen LogP contribution is 2.31. The zero-order valence-electron chi connectivity index (χ0n) is 13.6. The van der Waals surface area contributed by atoms with E-state index >= 15 is 0 Å². The summed E-state index contributed by atoms with van der Waals surface area (Å²) < 4.78 is 6.97. The Balaban J connectivity index is 1.69. The van der Waals surface area contributed by atoms with E-state index in [0.717, 1.165) is 23.7 Å². The van der Waals surface area contributed by atoms with Gasteiger partial charge in [-0.25, -0.2) is 4.98 Å². The van der Waals surface area contributed by atoms with Crippen LogP contribution in [0.2, 0.25) is 0 Å². The lowest BCUT2D eigenvalue weighted by atomic mass is 10.2. The predicted molar refractivity (Wildman–Crippen MR) is 97.8 cm³/mol. The third-order valence-corrected chi connectivity index (χ3v) is 4.76. The maximum atomic E-state index is 12.3. The number of thiazole rings is 1. The summed E-state index contributed by atoms with van der Waals surface area (Å²) in [6.45, 7) is 3.06. The van der Waals surface area contributed by atoms with Crippen LogP contribution in [-0.4, -0.2) is 20.6 Å². The molecule has 3 heterocycles. The van der Waals surface area contributed by atoms with Gasteiger partial charge in [0, 0.05) is 28.9 Å². The van der Waals surface area contributed by atoms with Gasteiger partial charge >= 0.3 is 0 Å². The van der Waals surface area contributed by atoms with Crippen LogP contribution in [-0.2, 0) is 6.54 Å². The number of aryl methyl sites for hydroxylation is 1. The molecule has 0 saturated heterocycles. The highest BCUT2D eigenvalue weighted by Gasteiger charge is 2.17. The van der Waals surface area contributed by atoms with E-state index in [0.29, 0.717) is 11.5 Å². The highest BCUT2D eigenvalue weighted by molar-refractivity contribution is 7.13. The summed E-state index contributed by atoms with van der Waals surface area (Å²) in [4.78, 5) is 16.8. The molecule has 1 N–H and O–H groups in total. The molecule has 3 aromatic heterocycles. The highest BCUT2D eigenvalue weighted by atomic mass is 32.1. The topological polar surface area (TPSA) is 73.0 Å². The fourth-order valence-corrected chi connectivity index (χ4v) is 3.63. The predicted octanol–water partition coefficient (Wildman–Crippen LogP) is 4.42. The summed E-state index contributed by atoms with van der Waals surface area (Å²) in [6.07, 6.45) is 2.43. The molecule has 7 heteroatoms. The van der Waals surface area contributed by atoms with Crippen LogP contribution < -0.4 is 5.32 Å². The summed E-state index contributed by atoms with van der Waals surface area (Å²) in [5.41, 5.74) is 2.59. The molecule has 126 valence electrons. The minimum Gasteiger partial charge on any atom is -0.363 e. The van der Waals surface area contributed by atoms with Gasteiger partial charge in [0.1, 0.15) is 17.0 Å². The van der Waals surface area contributed by atoms with E-state index < -0.39 is 0 Å². The summed E-state index contributed by atoms with van der Waals surface area (Å²) in [6, 6.07) is 12.0. The fraction of sp³-hybridized carbons (Fsp3) is 0.167. The first kappa shape index (κ1) is 15.6. The molecule has 0 aliphatic carbocycles. The van der Waals surface area contributed by atoms with Crippen molar-refractivity contribution in [3.8, 4) is 10.7 Å². The maximum Gasteiger partial charge on any atom is 0.276 e. The van der Waals surface area contributed by atoms with Gasteiger partial charge in [-0.1, -0.05) is 30.3 Å². The molecule has 1 amide bonds. The number of para-hydroxylation sites is 1. The second-order valence-electron chi connectivity index (χ2n) is 5.62. The van der Waals surface area contributed by atoms with Crippen molar-refractivity contribution in [3.05, 3.63) is 53.7 Å². The maximum absolute atomic E-state index is 12.3. The number of hydrogen-bond donors (Lipinski definition) is 1. The Morgan fingerprint density at radius 1 is 1.32 bits per heavy atom. The molecule has 0 aliphatic heterocycles. The van der Waals surface area contributed by atoms with Gasteiger partial charge in [-0.15, -0.1) is 11.3 Å². The first-order valence-electron chi connectivity index (χ1n) is 8.02. The molecule has 0 saturated carbocycles. The summed E-state index contributed by atoms with van der Waals surface area (Å²) >= 11 is 1.46. The SMILES string of the molecule is CCCn1c(-c2nc(C(=O)Nc3ccon3)cs2)cc2ccccc21. The number of benzene rings is 1. The number of hydrogen-bond acceptors (Lipinski definition) is 5. The van der Waals surface area contributed by atoms with Gasteiger partial charge in [-0.3, -0.25) is 4.79 Å². The van der Waals surface area contributed by atoms with Crippen molar-refractivity contribution in [2.75, 3.05) is 5.32 Å². The third kappa shape index (κ3) is 2.94. The molecular weight excluding hydrogens is 336 g/mol. The van der Waals surface area contributed by atoms with Crippen molar-refractivity contribution in [2.45, 2.75) is 19.9 Å². The summed E-state index contributed by atoms with van der Waals surface area (Å²) in [5.74, 6) is 0.0780. The lowest BCUT2D eigenvalue weighted by Gasteiger charge is -2.07. The number of amides is 1. The average Bonchev–Trinajstić information content (AvgIpc) is 3.34. The zero-order chi connectivity index (χ0) is 17.2. The van der Waals surface area contributed by atoms with Crippen LogP contribution in [0.15, 0.2) is 52.6 Å². The molecule has 0 bridgehead atoms. The van der Waals surface area contributed by atoms with E-state index in [-0.39, 0.29) is 5.91 Å². The van der Waals surface area contributed by atoms with E-state index in [1.165, 1.54) is 28.5 Å². The molecule has 6 nitrogen and oxygen atoms in total. The minimum atomic E-state index is -0.297. The quantitative estimate of drug-likeness (QED) is 0.577. The van der Waals surface area contributed by atoms with Crippen LogP contribution >= 0.6 is 11.3 Å². The van der Waals surface area contributed by atoms with E-state index in [2.05, 4.69) is 45.1 Å². The Bertz CT molecular complexity index is 1020. The van der Waals surface area contributed by atoms with Crippen LogP contribution in [0.3, 0.4) is 0 Å². The minimum absolute atomic E-state index is 0.297. The van der Waals surface area contributed by atoms with Crippen LogP contribution in [0.5, 0.6) is 0 Å². The Hall–Kier alpha value is -2.93. The second kappa shape index (κ2) is 6.52. The van der Waals surface area contributed by atoms with Crippen molar-refractivity contribution in [1.82, 2.24) is 14.7 Å². The van der Waals surface area contributed by atoms with Crippen LogP contribution in [0.1, 0.15) is 23.8 Å². The number of anilines is 1. The fourth-order valence-electron chi connectivity index (χ4n) is 2.81. The summed E-state index contributed by atoms with van der Waals surface area (Å²) in [7, 11) is 0. The van der Waals surface area contributed by atoms with Gasteiger partial charge < -0.3 is 14.4 Å². The van der Waals surface area contributed by atoms with Crippen LogP contribution in [0.25, 0.3) is 21.6 Å². The monoisotopic (exact) mass is 352 g/mol. The van der Waals surface area contributed by atoms with Crippen LogP contribution in [0.4, 0.5) is 5.82 Å². The van der Waals surface area contributed by atoms with Crippen LogP contribution in [0, 0.1) is 0 Å². The molecule has 0 fully saturated rings. The van der Waals surface area contributed by atoms with Crippen molar-refractivity contribution < 1.29 is 9.32 Å². The van der Waals surface area contributed by atoms with Gasteiger partial charge in [0.2, 0.25) is 0 Å². The number of rotatable bonds is 5.